The van der Waals surface area contributed by atoms with E-state index in [1.54, 1.807) is 30.3 Å². The zero-order chi connectivity index (χ0) is 23.4. The molecule has 0 spiro atoms. The highest BCUT2D eigenvalue weighted by atomic mass is 32.2. The van der Waals surface area contributed by atoms with Crippen LogP contribution in [0.15, 0.2) is 71.6 Å². The van der Waals surface area contributed by atoms with Crippen LogP contribution in [0.3, 0.4) is 0 Å². The molecule has 170 valence electrons. The minimum absolute atomic E-state index is 0.104. The van der Waals surface area contributed by atoms with Crippen molar-refractivity contribution in [3.8, 4) is 5.75 Å². The number of halogens is 1. The summed E-state index contributed by atoms with van der Waals surface area (Å²) in [7, 11) is -2.26. The number of aromatic nitrogens is 2. The summed E-state index contributed by atoms with van der Waals surface area (Å²) in [5.41, 5.74) is 2.11. The molecule has 0 aliphatic rings. The van der Waals surface area contributed by atoms with E-state index in [0.29, 0.717) is 28.5 Å². The molecule has 9 heteroatoms. The molecule has 0 saturated carbocycles. The van der Waals surface area contributed by atoms with Crippen LogP contribution in [0.2, 0.25) is 0 Å². The molecular formula is C24H23FN4O3S. The maximum absolute atomic E-state index is 14.1. The molecule has 1 aromatic heterocycles. The third-order valence-electron chi connectivity index (χ3n) is 5.17. The number of rotatable bonds is 8. The Balaban J connectivity index is 1.61. The first-order valence-electron chi connectivity index (χ1n) is 10.2. The monoisotopic (exact) mass is 466 g/mol. The number of nitrogens with zero attached hydrogens (tertiary/aromatic N) is 2. The summed E-state index contributed by atoms with van der Waals surface area (Å²) in [6, 6.07) is 18.3. The van der Waals surface area contributed by atoms with Crippen molar-refractivity contribution in [1.82, 2.24) is 14.7 Å². The largest absolute Gasteiger partial charge is 0.497 e. The summed E-state index contributed by atoms with van der Waals surface area (Å²) < 4.78 is 47.1. The van der Waals surface area contributed by atoms with Gasteiger partial charge in [0.2, 0.25) is 10.0 Å². The topological polar surface area (TPSA) is 93.2 Å². The molecule has 0 amide bonds. The molecule has 7 nitrogen and oxygen atoms in total. The first-order valence-corrected chi connectivity index (χ1v) is 11.7. The highest BCUT2D eigenvalue weighted by Gasteiger charge is 2.16. The zero-order valence-electron chi connectivity index (χ0n) is 18.2. The van der Waals surface area contributed by atoms with E-state index in [-0.39, 0.29) is 23.8 Å². The van der Waals surface area contributed by atoms with Crippen LogP contribution in [0.5, 0.6) is 5.75 Å². The number of methoxy groups -OCH3 is 1. The lowest BCUT2D eigenvalue weighted by Gasteiger charge is -2.13. The molecule has 4 aromatic rings. The number of aryl methyl sites for hydroxylation is 1. The number of nitrogens with one attached hydrogen (secondary N) is 2. The number of hydrogen-bond donors (Lipinski definition) is 2. The van der Waals surface area contributed by atoms with Gasteiger partial charge in [0.25, 0.3) is 0 Å². The maximum atomic E-state index is 14.1. The second-order valence-electron chi connectivity index (χ2n) is 7.40. The van der Waals surface area contributed by atoms with Gasteiger partial charge in [-0.25, -0.2) is 27.5 Å². The zero-order valence-corrected chi connectivity index (χ0v) is 19.0. The van der Waals surface area contributed by atoms with Crippen molar-refractivity contribution in [2.75, 3.05) is 12.4 Å². The lowest BCUT2D eigenvalue weighted by atomic mass is 10.1. The van der Waals surface area contributed by atoms with E-state index >= 15 is 0 Å². The lowest BCUT2D eigenvalue weighted by Crippen LogP contribution is -2.24. The van der Waals surface area contributed by atoms with Gasteiger partial charge in [0, 0.05) is 17.5 Å². The summed E-state index contributed by atoms with van der Waals surface area (Å²) in [5, 5.41) is 3.94. The molecule has 0 aliphatic carbocycles. The molecule has 0 fully saturated rings. The average Bonchev–Trinajstić information content (AvgIpc) is 2.83. The molecule has 4 rings (SSSR count). The summed E-state index contributed by atoms with van der Waals surface area (Å²) >= 11 is 0. The molecule has 0 radical (unpaired) electrons. The van der Waals surface area contributed by atoms with Crippen LogP contribution in [0.4, 0.5) is 10.2 Å². The molecule has 0 saturated heterocycles. The fourth-order valence-corrected chi connectivity index (χ4v) is 4.35. The second-order valence-corrected chi connectivity index (χ2v) is 9.17. The van der Waals surface area contributed by atoms with E-state index in [1.165, 1.54) is 25.3 Å². The molecule has 0 bridgehead atoms. The van der Waals surface area contributed by atoms with Gasteiger partial charge in [-0.2, -0.15) is 0 Å². The molecular weight excluding hydrogens is 443 g/mol. The number of ether oxygens (including phenoxy) is 1. The van der Waals surface area contributed by atoms with Crippen LogP contribution in [0.25, 0.3) is 10.9 Å². The molecule has 2 N–H and O–H groups in total. The standard InChI is InChI=1S/C24H23FN4O3S/c1-16-6-5-8-20-23(16)28-22(29-24(20)26-14-17-7-3-4-9-21(17)25)15-27-33(30,31)19-12-10-18(32-2)11-13-19/h3-13,27H,14-15H2,1-2H3,(H,26,28,29). The number of sulfonamides is 1. The number of fused-ring (bicyclic) bond motifs is 1. The Labute approximate surface area is 191 Å². The Hall–Kier alpha value is -3.56. The quantitative estimate of drug-likeness (QED) is 0.405. The second kappa shape index (κ2) is 9.51. The van der Waals surface area contributed by atoms with E-state index < -0.39 is 10.0 Å². The first kappa shape index (κ1) is 22.6. The summed E-state index contributed by atoms with van der Waals surface area (Å²) in [6.45, 7) is 2.04. The van der Waals surface area contributed by atoms with Gasteiger partial charge in [0.05, 0.1) is 24.1 Å². The van der Waals surface area contributed by atoms with Gasteiger partial charge >= 0.3 is 0 Å². The van der Waals surface area contributed by atoms with Gasteiger partial charge in [-0.3, -0.25) is 0 Å². The lowest BCUT2D eigenvalue weighted by molar-refractivity contribution is 0.414. The van der Waals surface area contributed by atoms with Crippen LogP contribution in [-0.4, -0.2) is 25.5 Å². The van der Waals surface area contributed by atoms with Gasteiger partial charge in [-0.05, 0) is 48.9 Å². The van der Waals surface area contributed by atoms with Crippen molar-refractivity contribution < 1.29 is 17.5 Å². The van der Waals surface area contributed by atoms with Crippen LogP contribution >= 0.6 is 0 Å². The van der Waals surface area contributed by atoms with Crippen molar-refractivity contribution in [3.63, 3.8) is 0 Å². The number of benzene rings is 3. The summed E-state index contributed by atoms with van der Waals surface area (Å²) in [4.78, 5) is 9.19. The van der Waals surface area contributed by atoms with Gasteiger partial charge < -0.3 is 10.1 Å². The Kier molecular flexibility index (Phi) is 6.52. The normalized spacial score (nSPS) is 11.5. The molecule has 3 aromatic carbocycles. The highest BCUT2D eigenvalue weighted by Crippen LogP contribution is 2.24. The van der Waals surface area contributed by atoms with Crippen molar-refractivity contribution in [2.24, 2.45) is 0 Å². The molecule has 0 unspecified atom stereocenters. The van der Waals surface area contributed by atoms with Gasteiger partial charge in [-0.15, -0.1) is 0 Å². The van der Waals surface area contributed by atoms with Crippen molar-refractivity contribution in [2.45, 2.75) is 24.9 Å². The van der Waals surface area contributed by atoms with Crippen LogP contribution in [0.1, 0.15) is 17.0 Å². The highest BCUT2D eigenvalue weighted by molar-refractivity contribution is 7.89. The van der Waals surface area contributed by atoms with Crippen LogP contribution < -0.4 is 14.8 Å². The SMILES string of the molecule is COc1ccc(S(=O)(=O)NCc2nc(NCc3ccccc3F)c3cccc(C)c3n2)cc1. The minimum Gasteiger partial charge on any atom is -0.497 e. The van der Waals surface area contributed by atoms with Crippen molar-refractivity contribution in [1.29, 1.82) is 0 Å². The molecule has 1 heterocycles. The number of para-hydroxylation sites is 1. The van der Waals surface area contributed by atoms with E-state index in [9.17, 15) is 12.8 Å². The van der Waals surface area contributed by atoms with Crippen molar-refractivity contribution in [3.05, 3.63) is 89.5 Å². The third-order valence-corrected chi connectivity index (χ3v) is 6.59. The van der Waals surface area contributed by atoms with Gasteiger partial charge in [0.1, 0.15) is 23.2 Å². The Bertz CT molecular complexity index is 1390. The van der Waals surface area contributed by atoms with Gasteiger partial charge in [-0.1, -0.05) is 30.3 Å². The van der Waals surface area contributed by atoms with Crippen molar-refractivity contribution >= 4 is 26.7 Å². The average molecular weight is 467 g/mol. The van der Waals surface area contributed by atoms with Gasteiger partial charge in [0.15, 0.2) is 0 Å². The summed E-state index contributed by atoms with van der Waals surface area (Å²) in [6.07, 6.45) is 0. The minimum atomic E-state index is -3.78. The third kappa shape index (κ3) is 5.10. The molecule has 33 heavy (non-hydrogen) atoms. The predicted octanol–water partition coefficient (Wildman–Crippen LogP) is 4.18. The number of hydrogen-bond acceptors (Lipinski definition) is 6. The van der Waals surface area contributed by atoms with E-state index in [4.69, 9.17) is 4.74 Å². The molecule has 0 atom stereocenters. The fraction of sp³-hybridized carbons (Fsp3) is 0.167. The maximum Gasteiger partial charge on any atom is 0.240 e. The van der Waals surface area contributed by atoms with Crippen LogP contribution in [0, 0.1) is 12.7 Å². The van der Waals surface area contributed by atoms with E-state index in [0.717, 1.165) is 10.9 Å². The Morgan fingerprint density at radius 2 is 1.70 bits per heavy atom. The van der Waals surface area contributed by atoms with E-state index in [1.807, 2.05) is 25.1 Å². The number of anilines is 1. The fourth-order valence-electron chi connectivity index (χ4n) is 3.37. The Morgan fingerprint density at radius 3 is 2.42 bits per heavy atom. The van der Waals surface area contributed by atoms with Crippen LogP contribution in [-0.2, 0) is 23.1 Å². The Morgan fingerprint density at radius 1 is 0.939 bits per heavy atom. The first-order chi connectivity index (χ1) is 15.9. The molecule has 0 aliphatic heterocycles. The smallest absolute Gasteiger partial charge is 0.240 e. The summed E-state index contributed by atoms with van der Waals surface area (Å²) in [5.74, 6) is 1.05. The van der Waals surface area contributed by atoms with E-state index in [2.05, 4.69) is 20.0 Å². The predicted molar refractivity (Wildman–Crippen MR) is 125 cm³/mol.